The number of amides is 1. The number of halogens is 1. The van der Waals surface area contributed by atoms with E-state index in [-0.39, 0.29) is 23.9 Å². The lowest BCUT2D eigenvalue weighted by atomic mass is 9.99. The van der Waals surface area contributed by atoms with Gasteiger partial charge in [0.1, 0.15) is 5.82 Å². The molecule has 1 amide bonds. The lowest BCUT2D eigenvalue weighted by molar-refractivity contribution is -0.122. The number of aryl methyl sites for hydroxylation is 2. The molecule has 1 aliphatic heterocycles. The van der Waals surface area contributed by atoms with Crippen molar-refractivity contribution in [2.24, 2.45) is 10.9 Å². The van der Waals surface area contributed by atoms with Crippen LogP contribution in [0.5, 0.6) is 0 Å². The van der Waals surface area contributed by atoms with Crippen molar-refractivity contribution in [3.05, 3.63) is 58.1 Å². The maximum atomic E-state index is 13.2. The molecular weight excluding hydrogens is 461 g/mol. The highest BCUT2D eigenvalue weighted by molar-refractivity contribution is 7.89. The van der Waals surface area contributed by atoms with Crippen LogP contribution in [0.1, 0.15) is 24.0 Å². The van der Waals surface area contributed by atoms with Gasteiger partial charge in [0.2, 0.25) is 10.0 Å². The van der Waals surface area contributed by atoms with E-state index < -0.39 is 21.8 Å². The van der Waals surface area contributed by atoms with E-state index in [0.29, 0.717) is 24.2 Å². The number of benzene rings is 2. The SMILES string of the molecule is C#CCn1c(=NC(=O)C2CCCN(S(=O)(=O)c3ccc(F)cc3)C2)sc2cc(C)c(C)cc21. The Balaban J connectivity index is 1.64. The minimum absolute atomic E-state index is 0.0102. The van der Waals surface area contributed by atoms with E-state index in [2.05, 4.69) is 17.0 Å². The molecule has 1 aromatic heterocycles. The topological polar surface area (TPSA) is 71.7 Å². The van der Waals surface area contributed by atoms with Crippen LogP contribution >= 0.6 is 11.3 Å². The molecule has 1 atom stereocenters. The molecule has 1 aliphatic rings. The summed E-state index contributed by atoms with van der Waals surface area (Å²) in [5.41, 5.74) is 3.19. The number of hydrogen-bond acceptors (Lipinski definition) is 4. The van der Waals surface area contributed by atoms with Gasteiger partial charge in [-0.05, 0) is 74.2 Å². The fourth-order valence-corrected chi connectivity index (χ4v) is 6.59. The second-order valence-corrected chi connectivity index (χ2v) is 11.1. The van der Waals surface area contributed by atoms with Crippen molar-refractivity contribution >= 4 is 37.5 Å². The van der Waals surface area contributed by atoms with Crippen molar-refractivity contribution in [2.75, 3.05) is 13.1 Å². The van der Waals surface area contributed by atoms with Gasteiger partial charge in [-0.25, -0.2) is 12.8 Å². The predicted molar refractivity (Wildman–Crippen MR) is 127 cm³/mol. The number of rotatable bonds is 4. The zero-order chi connectivity index (χ0) is 23.8. The van der Waals surface area contributed by atoms with Crippen LogP contribution in [0.25, 0.3) is 10.2 Å². The van der Waals surface area contributed by atoms with Gasteiger partial charge >= 0.3 is 0 Å². The summed E-state index contributed by atoms with van der Waals surface area (Å²) in [6.07, 6.45) is 6.66. The summed E-state index contributed by atoms with van der Waals surface area (Å²) in [5, 5.41) is 0. The molecule has 3 aromatic rings. The van der Waals surface area contributed by atoms with Crippen LogP contribution in [0.4, 0.5) is 4.39 Å². The summed E-state index contributed by atoms with van der Waals surface area (Å²) in [6, 6.07) is 8.81. The summed E-state index contributed by atoms with van der Waals surface area (Å²) in [4.78, 5) is 18.0. The number of thiazole rings is 1. The zero-order valence-corrected chi connectivity index (χ0v) is 20.0. The second kappa shape index (κ2) is 9.21. The number of hydrogen-bond donors (Lipinski definition) is 0. The van der Waals surface area contributed by atoms with Crippen LogP contribution in [0.2, 0.25) is 0 Å². The summed E-state index contributed by atoms with van der Waals surface area (Å²) < 4.78 is 43.3. The molecule has 0 bridgehead atoms. The Hall–Kier alpha value is -2.80. The van der Waals surface area contributed by atoms with Gasteiger partial charge in [0.25, 0.3) is 5.91 Å². The minimum atomic E-state index is -3.82. The first kappa shape index (κ1) is 23.4. The number of carbonyl (C=O) groups is 1. The van der Waals surface area contributed by atoms with Gasteiger partial charge in [-0.15, -0.1) is 6.42 Å². The first-order chi connectivity index (χ1) is 15.7. The zero-order valence-electron chi connectivity index (χ0n) is 18.4. The Morgan fingerprint density at radius 1 is 1.24 bits per heavy atom. The normalized spacial score (nSPS) is 17.9. The van der Waals surface area contributed by atoms with Crippen molar-refractivity contribution in [2.45, 2.75) is 38.1 Å². The highest BCUT2D eigenvalue weighted by Gasteiger charge is 2.33. The number of carbonyl (C=O) groups excluding carboxylic acids is 1. The number of piperidine rings is 1. The first-order valence-corrected chi connectivity index (χ1v) is 12.8. The molecular formula is C24H24FN3O3S2. The maximum absolute atomic E-state index is 13.2. The molecule has 4 rings (SSSR count). The molecule has 0 saturated carbocycles. The largest absolute Gasteiger partial charge is 0.305 e. The fourth-order valence-electron chi connectivity index (χ4n) is 3.95. The summed E-state index contributed by atoms with van der Waals surface area (Å²) in [5.74, 6) is 1.20. The van der Waals surface area contributed by atoms with Gasteiger partial charge in [-0.2, -0.15) is 9.30 Å². The summed E-state index contributed by atoms with van der Waals surface area (Å²) >= 11 is 1.40. The van der Waals surface area contributed by atoms with Crippen LogP contribution in [-0.4, -0.2) is 36.3 Å². The Kier molecular flexibility index (Phi) is 6.52. The van der Waals surface area contributed by atoms with Gasteiger partial charge in [0, 0.05) is 13.1 Å². The molecule has 1 saturated heterocycles. The van der Waals surface area contributed by atoms with Crippen molar-refractivity contribution < 1.29 is 17.6 Å². The van der Waals surface area contributed by atoms with Crippen molar-refractivity contribution in [1.29, 1.82) is 0 Å². The molecule has 1 fully saturated rings. The van der Waals surface area contributed by atoms with Crippen molar-refractivity contribution in [1.82, 2.24) is 8.87 Å². The highest BCUT2D eigenvalue weighted by Crippen LogP contribution is 2.25. The van der Waals surface area contributed by atoms with E-state index in [4.69, 9.17) is 6.42 Å². The van der Waals surface area contributed by atoms with Crippen molar-refractivity contribution in [3.8, 4) is 12.3 Å². The third-order valence-corrected chi connectivity index (χ3v) is 8.86. The molecule has 33 heavy (non-hydrogen) atoms. The third-order valence-electron chi connectivity index (χ3n) is 5.94. The molecule has 0 aliphatic carbocycles. The second-order valence-electron chi connectivity index (χ2n) is 8.19. The van der Waals surface area contributed by atoms with Gasteiger partial charge in [0.05, 0.1) is 27.6 Å². The number of nitrogens with zero attached hydrogens (tertiary/aromatic N) is 3. The van der Waals surface area contributed by atoms with Crippen molar-refractivity contribution in [3.63, 3.8) is 0 Å². The Morgan fingerprint density at radius 3 is 2.64 bits per heavy atom. The Labute approximate surface area is 196 Å². The number of aromatic nitrogens is 1. The molecule has 2 heterocycles. The van der Waals surface area contributed by atoms with Gasteiger partial charge < -0.3 is 4.57 Å². The number of fused-ring (bicyclic) bond motifs is 1. The van der Waals surface area contributed by atoms with E-state index in [1.807, 2.05) is 24.5 Å². The highest BCUT2D eigenvalue weighted by atomic mass is 32.2. The monoisotopic (exact) mass is 485 g/mol. The van der Waals surface area contributed by atoms with E-state index in [1.165, 1.54) is 27.8 Å². The van der Waals surface area contributed by atoms with Gasteiger partial charge in [-0.3, -0.25) is 4.79 Å². The minimum Gasteiger partial charge on any atom is -0.305 e. The van der Waals surface area contributed by atoms with Gasteiger partial charge in [0.15, 0.2) is 4.80 Å². The van der Waals surface area contributed by atoms with Crippen LogP contribution < -0.4 is 4.80 Å². The van der Waals surface area contributed by atoms with Crippen LogP contribution in [0.15, 0.2) is 46.3 Å². The molecule has 172 valence electrons. The summed E-state index contributed by atoms with van der Waals surface area (Å²) in [6.45, 7) is 4.68. The van der Waals surface area contributed by atoms with E-state index in [1.54, 1.807) is 0 Å². The first-order valence-electron chi connectivity index (χ1n) is 10.6. The fraction of sp³-hybridized carbons (Fsp3) is 0.333. The molecule has 1 unspecified atom stereocenters. The van der Waals surface area contributed by atoms with Crippen LogP contribution in [0.3, 0.4) is 0 Å². The van der Waals surface area contributed by atoms with Crippen LogP contribution in [-0.2, 0) is 21.4 Å². The third kappa shape index (κ3) is 4.64. The van der Waals surface area contributed by atoms with E-state index in [9.17, 15) is 17.6 Å². The lowest BCUT2D eigenvalue weighted by Crippen LogP contribution is -2.42. The van der Waals surface area contributed by atoms with E-state index >= 15 is 0 Å². The Morgan fingerprint density at radius 2 is 1.94 bits per heavy atom. The number of terminal acetylenes is 1. The molecule has 0 radical (unpaired) electrons. The average Bonchev–Trinajstić information content (AvgIpc) is 3.10. The van der Waals surface area contributed by atoms with E-state index in [0.717, 1.165) is 33.5 Å². The average molecular weight is 486 g/mol. The summed E-state index contributed by atoms with van der Waals surface area (Å²) in [7, 11) is -3.82. The standard InChI is InChI=1S/C24H24FN3O3S2/c1-4-11-28-21-13-16(2)17(3)14-22(21)32-24(28)26-23(29)18-6-5-12-27(15-18)33(30,31)20-9-7-19(25)8-10-20/h1,7-10,13-14,18H,5-6,11-12,15H2,2-3H3. The molecule has 9 heteroatoms. The lowest BCUT2D eigenvalue weighted by Gasteiger charge is -2.30. The van der Waals surface area contributed by atoms with Crippen LogP contribution in [0, 0.1) is 37.9 Å². The maximum Gasteiger partial charge on any atom is 0.252 e. The smallest absolute Gasteiger partial charge is 0.252 e. The molecule has 2 aromatic carbocycles. The van der Waals surface area contributed by atoms with Gasteiger partial charge in [-0.1, -0.05) is 17.3 Å². The molecule has 0 spiro atoms. The molecule has 6 nitrogen and oxygen atoms in total. The Bertz CT molecular complexity index is 1430. The predicted octanol–water partition coefficient (Wildman–Crippen LogP) is 3.62. The molecule has 0 N–H and O–H groups in total. The quantitative estimate of drug-likeness (QED) is 0.530. The number of sulfonamides is 1.